The van der Waals surface area contributed by atoms with Crippen LogP contribution in [0, 0.1) is 0 Å². The predicted octanol–water partition coefficient (Wildman–Crippen LogP) is 2.07. The van der Waals surface area contributed by atoms with E-state index in [9.17, 15) is 9.90 Å². The topological polar surface area (TPSA) is 69.6 Å². The highest BCUT2D eigenvalue weighted by atomic mass is 32.1. The monoisotopic (exact) mass is 305 g/mol. The Labute approximate surface area is 128 Å². The van der Waals surface area contributed by atoms with Crippen LogP contribution in [-0.4, -0.2) is 28.8 Å². The summed E-state index contributed by atoms with van der Waals surface area (Å²) in [5.74, 6) is -0.811. The van der Waals surface area contributed by atoms with Gasteiger partial charge >= 0.3 is 5.97 Å². The van der Waals surface area contributed by atoms with Crippen LogP contribution in [0.15, 0.2) is 42.5 Å². The number of carbonyl (C=O) groups is 1. The van der Waals surface area contributed by atoms with Gasteiger partial charge in [-0.25, -0.2) is 0 Å². The number of carboxylic acids is 1. The Balaban J connectivity index is 1.85. The fourth-order valence-electron chi connectivity index (χ4n) is 2.11. The first-order valence-electron chi connectivity index (χ1n) is 6.85. The molecule has 1 aromatic carbocycles. The lowest BCUT2D eigenvalue weighted by Gasteiger charge is -2.15. The highest BCUT2D eigenvalue weighted by Crippen LogP contribution is 2.17. The zero-order chi connectivity index (χ0) is 15.1. The second-order valence-electron chi connectivity index (χ2n) is 4.89. The maximum absolute atomic E-state index is 10.7. The molecule has 5 heteroatoms. The molecular weight excluding hydrogens is 286 g/mol. The molecule has 2 rings (SSSR count). The molecule has 0 aliphatic rings. The summed E-state index contributed by atoms with van der Waals surface area (Å²) < 4.78 is 0. The normalized spacial score (nSPS) is 12.2. The second-order valence-corrected chi connectivity index (χ2v) is 6.14. The number of benzene rings is 1. The van der Waals surface area contributed by atoms with Gasteiger partial charge in [0.1, 0.15) is 0 Å². The van der Waals surface area contributed by atoms with Crippen LogP contribution in [0.3, 0.4) is 0 Å². The molecule has 0 fully saturated rings. The SMILES string of the molecule is O=C(O)Cc1ccc(CNC(CO)Cc2ccccc2)s1. The highest BCUT2D eigenvalue weighted by Gasteiger charge is 2.09. The third kappa shape index (κ3) is 5.30. The number of aliphatic hydroxyl groups excluding tert-OH is 1. The Hall–Kier alpha value is -1.69. The number of aliphatic hydroxyl groups is 1. The first kappa shape index (κ1) is 15.7. The largest absolute Gasteiger partial charge is 0.481 e. The van der Waals surface area contributed by atoms with Gasteiger partial charge in [-0.2, -0.15) is 0 Å². The van der Waals surface area contributed by atoms with Gasteiger partial charge in [0.15, 0.2) is 0 Å². The van der Waals surface area contributed by atoms with E-state index in [2.05, 4.69) is 5.32 Å². The van der Waals surface area contributed by atoms with E-state index in [1.807, 2.05) is 42.5 Å². The van der Waals surface area contributed by atoms with Crippen LogP contribution in [0.1, 0.15) is 15.3 Å². The summed E-state index contributed by atoms with van der Waals surface area (Å²) in [5, 5.41) is 21.5. The Morgan fingerprint density at radius 1 is 1.14 bits per heavy atom. The smallest absolute Gasteiger partial charge is 0.308 e. The van der Waals surface area contributed by atoms with Crippen LogP contribution in [0.5, 0.6) is 0 Å². The van der Waals surface area contributed by atoms with E-state index in [0.29, 0.717) is 6.54 Å². The summed E-state index contributed by atoms with van der Waals surface area (Å²) in [6.07, 6.45) is 0.836. The molecule has 0 radical (unpaired) electrons. The third-order valence-corrected chi connectivity index (χ3v) is 4.24. The number of nitrogens with one attached hydrogen (secondary N) is 1. The average Bonchev–Trinajstić information content (AvgIpc) is 2.91. The first-order valence-corrected chi connectivity index (χ1v) is 7.66. The molecule has 1 aromatic heterocycles. The summed E-state index contributed by atoms with van der Waals surface area (Å²) in [6, 6.07) is 13.8. The lowest BCUT2D eigenvalue weighted by molar-refractivity contribution is -0.136. The van der Waals surface area contributed by atoms with Gasteiger partial charge in [0, 0.05) is 22.3 Å². The summed E-state index contributed by atoms with van der Waals surface area (Å²) in [6.45, 7) is 0.713. The van der Waals surface area contributed by atoms with Crippen LogP contribution < -0.4 is 5.32 Å². The summed E-state index contributed by atoms with van der Waals surface area (Å²) in [4.78, 5) is 12.6. The molecule has 112 valence electrons. The fourth-order valence-corrected chi connectivity index (χ4v) is 3.07. The van der Waals surface area contributed by atoms with E-state index < -0.39 is 5.97 Å². The molecular formula is C16H19NO3S. The molecule has 2 aromatic rings. The van der Waals surface area contributed by atoms with E-state index in [1.165, 1.54) is 16.9 Å². The van der Waals surface area contributed by atoms with Gasteiger partial charge in [-0.05, 0) is 24.1 Å². The molecule has 0 bridgehead atoms. The van der Waals surface area contributed by atoms with Crippen molar-refractivity contribution in [1.82, 2.24) is 5.32 Å². The molecule has 21 heavy (non-hydrogen) atoms. The maximum Gasteiger partial charge on any atom is 0.308 e. The van der Waals surface area contributed by atoms with Gasteiger partial charge in [-0.1, -0.05) is 30.3 Å². The number of aliphatic carboxylic acids is 1. The van der Waals surface area contributed by atoms with Crippen molar-refractivity contribution in [2.75, 3.05) is 6.61 Å². The minimum absolute atomic E-state index is 0.00239. The van der Waals surface area contributed by atoms with Crippen LogP contribution >= 0.6 is 11.3 Å². The molecule has 1 atom stereocenters. The molecule has 0 spiro atoms. The number of hydrogen-bond acceptors (Lipinski definition) is 4. The van der Waals surface area contributed by atoms with Crippen molar-refractivity contribution in [2.45, 2.75) is 25.4 Å². The third-order valence-electron chi connectivity index (χ3n) is 3.15. The lowest BCUT2D eigenvalue weighted by atomic mass is 10.1. The van der Waals surface area contributed by atoms with Gasteiger partial charge < -0.3 is 15.5 Å². The van der Waals surface area contributed by atoms with Gasteiger partial charge in [0.2, 0.25) is 0 Å². The summed E-state index contributed by atoms with van der Waals surface area (Å²) in [7, 11) is 0. The molecule has 1 heterocycles. The van der Waals surface area contributed by atoms with Gasteiger partial charge in [0.05, 0.1) is 13.0 Å². The number of hydrogen-bond donors (Lipinski definition) is 3. The van der Waals surface area contributed by atoms with Crippen molar-refractivity contribution in [1.29, 1.82) is 0 Å². The van der Waals surface area contributed by atoms with Crippen molar-refractivity contribution in [3.63, 3.8) is 0 Å². The molecule has 0 saturated heterocycles. The fraction of sp³-hybridized carbons (Fsp3) is 0.312. The highest BCUT2D eigenvalue weighted by molar-refractivity contribution is 7.12. The Morgan fingerprint density at radius 2 is 1.86 bits per heavy atom. The van der Waals surface area contributed by atoms with Gasteiger partial charge in [0.25, 0.3) is 0 Å². The van der Waals surface area contributed by atoms with E-state index >= 15 is 0 Å². The minimum Gasteiger partial charge on any atom is -0.481 e. The molecule has 0 aliphatic heterocycles. The second kappa shape index (κ2) is 7.93. The van der Waals surface area contributed by atoms with Crippen molar-refractivity contribution < 1.29 is 15.0 Å². The van der Waals surface area contributed by atoms with E-state index in [-0.39, 0.29) is 19.1 Å². The van der Waals surface area contributed by atoms with Crippen molar-refractivity contribution in [3.05, 3.63) is 57.8 Å². The number of rotatable bonds is 8. The van der Waals surface area contributed by atoms with Crippen LogP contribution in [0.2, 0.25) is 0 Å². The summed E-state index contributed by atoms with van der Waals surface area (Å²) >= 11 is 1.50. The molecule has 0 amide bonds. The Morgan fingerprint density at radius 3 is 2.52 bits per heavy atom. The van der Waals surface area contributed by atoms with Gasteiger partial charge in [-0.3, -0.25) is 4.79 Å². The molecule has 3 N–H and O–H groups in total. The molecule has 0 saturated carbocycles. The van der Waals surface area contributed by atoms with Gasteiger partial charge in [-0.15, -0.1) is 11.3 Å². The van der Waals surface area contributed by atoms with Crippen LogP contribution in [-0.2, 0) is 24.2 Å². The van der Waals surface area contributed by atoms with Crippen molar-refractivity contribution in [3.8, 4) is 0 Å². The zero-order valence-electron chi connectivity index (χ0n) is 11.7. The van der Waals surface area contributed by atoms with Crippen molar-refractivity contribution in [2.24, 2.45) is 0 Å². The molecule has 1 unspecified atom stereocenters. The van der Waals surface area contributed by atoms with E-state index in [0.717, 1.165) is 16.2 Å². The standard InChI is InChI=1S/C16H19NO3S/c18-11-13(8-12-4-2-1-3-5-12)17-10-15-7-6-14(21-15)9-16(19)20/h1-7,13,17-18H,8-11H2,(H,19,20). The minimum atomic E-state index is -0.811. The number of thiophene rings is 1. The Kier molecular flexibility index (Phi) is 5.92. The summed E-state index contributed by atoms with van der Waals surface area (Å²) in [5.41, 5.74) is 1.18. The zero-order valence-corrected chi connectivity index (χ0v) is 12.5. The van der Waals surface area contributed by atoms with Crippen LogP contribution in [0.25, 0.3) is 0 Å². The maximum atomic E-state index is 10.7. The lowest BCUT2D eigenvalue weighted by Crippen LogP contribution is -2.33. The van der Waals surface area contributed by atoms with Crippen LogP contribution in [0.4, 0.5) is 0 Å². The molecule has 0 aliphatic carbocycles. The first-order chi connectivity index (χ1) is 10.2. The van der Waals surface area contributed by atoms with E-state index in [4.69, 9.17) is 5.11 Å². The quantitative estimate of drug-likeness (QED) is 0.698. The predicted molar refractivity (Wildman–Crippen MR) is 83.5 cm³/mol. The van der Waals surface area contributed by atoms with E-state index in [1.54, 1.807) is 0 Å². The number of carboxylic acid groups (broad SMARTS) is 1. The van der Waals surface area contributed by atoms with Crippen molar-refractivity contribution >= 4 is 17.3 Å². The average molecular weight is 305 g/mol. The molecule has 4 nitrogen and oxygen atoms in total. The Bertz CT molecular complexity index is 568.